The largest absolute Gasteiger partial charge is 0.369 e. The number of benzene rings is 2. The molecule has 2 N–H and O–H groups in total. The van der Waals surface area contributed by atoms with Gasteiger partial charge in [-0.2, -0.15) is 0 Å². The lowest BCUT2D eigenvalue weighted by Crippen LogP contribution is -2.49. The van der Waals surface area contributed by atoms with Gasteiger partial charge in [0, 0.05) is 62.6 Å². The summed E-state index contributed by atoms with van der Waals surface area (Å²) in [6.45, 7) is 12.7. The lowest BCUT2D eigenvalue weighted by molar-refractivity contribution is -0.119. The Morgan fingerprint density at radius 2 is 1.56 bits per heavy atom. The van der Waals surface area contributed by atoms with Crippen LogP contribution in [-0.4, -0.2) is 64.9 Å². The highest BCUT2D eigenvalue weighted by atomic mass is 16.1. The van der Waals surface area contributed by atoms with Gasteiger partial charge in [0.1, 0.15) is 5.82 Å². The van der Waals surface area contributed by atoms with Crippen molar-refractivity contribution in [3.63, 3.8) is 0 Å². The Labute approximate surface area is 213 Å². The number of fused-ring (bicyclic) bond motifs is 1. The highest BCUT2D eigenvalue weighted by Gasteiger charge is 2.26. The van der Waals surface area contributed by atoms with Crippen LogP contribution in [0.15, 0.2) is 42.5 Å². The van der Waals surface area contributed by atoms with E-state index in [1.54, 1.807) is 0 Å². The SMILES string of the molecule is Cc1cccc(C)c1-c1nc(C)c(CN2CCc3ccccc3C2)c(N2CCN(CC(N)=O)CC2)n1. The van der Waals surface area contributed by atoms with E-state index in [1.165, 1.54) is 27.8 Å². The van der Waals surface area contributed by atoms with E-state index in [0.717, 1.165) is 75.1 Å². The van der Waals surface area contributed by atoms with Crippen molar-refractivity contribution >= 4 is 11.7 Å². The zero-order valence-electron chi connectivity index (χ0n) is 21.6. The predicted molar refractivity (Wildman–Crippen MR) is 144 cm³/mol. The maximum Gasteiger partial charge on any atom is 0.231 e. The molecule has 5 rings (SSSR count). The van der Waals surface area contributed by atoms with Crippen LogP contribution in [0.5, 0.6) is 0 Å². The van der Waals surface area contributed by atoms with E-state index in [2.05, 4.69) is 77.9 Å². The van der Waals surface area contributed by atoms with Gasteiger partial charge in [0.15, 0.2) is 5.82 Å². The number of nitrogens with zero attached hydrogens (tertiary/aromatic N) is 5. The minimum atomic E-state index is -0.273. The Balaban J connectivity index is 1.49. The van der Waals surface area contributed by atoms with Gasteiger partial charge >= 0.3 is 0 Å². The van der Waals surface area contributed by atoms with Crippen LogP contribution in [0.1, 0.15) is 33.5 Å². The number of carbonyl (C=O) groups is 1. The first-order chi connectivity index (χ1) is 17.4. The molecule has 3 heterocycles. The summed E-state index contributed by atoms with van der Waals surface area (Å²) in [5.41, 5.74) is 14.0. The van der Waals surface area contributed by atoms with Gasteiger partial charge in [-0.05, 0) is 49.4 Å². The van der Waals surface area contributed by atoms with Crippen LogP contribution >= 0.6 is 0 Å². The number of rotatable bonds is 6. The van der Waals surface area contributed by atoms with Gasteiger partial charge in [0.05, 0.1) is 6.54 Å². The fraction of sp³-hybridized carbons (Fsp3) is 0.414. The standard InChI is InChI=1S/C29H36N6O/c1-20-7-6-8-21(2)27(20)28-31-22(3)25(18-34-12-11-23-9-4-5-10-24(23)17-34)29(32-28)35-15-13-33(14-16-35)19-26(30)36/h4-10H,11-19H2,1-3H3,(H2,30,36). The first-order valence-corrected chi connectivity index (χ1v) is 12.9. The molecule has 7 heteroatoms. The molecule has 2 aliphatic heterocycles. The molecule has 1 saturated heterocycles. The molecule has 1 fully saturated rings. The molecule has 7 nitrogen and oxygen atoms in total. The Morgan fingerprint density at radius 1 is 0.861 bits per heavy atom. The molecule has 0 unspecified atom stereocenters. The third-order valence-electron chi connectivity index (χ3n) is 7.54. The van der Waals surface area contributed by atoms with E-state index in [0.29, 0.717) is 6.54 Å². The average Bonchev–Trinajstić information content (AvgIpc) is 2.85. The number of carbonyl (C=O) groups excluding carboxylic acids is 1. The monoisotopic (exact) mass is 484 g/mol. The normalized spacial score (nSPS) is 16.7. The number of aryl methyl sites for hydroxylation is 3. The predicted octanol–water partition coefficient (Wildman–Crippen LogP) is 3.23. The summed E-state index contributed by atoms with van der Waals surface area (Å²) in [5.74, 6) is 1.55. The van der Waals surface area contributed by atoms with Crippen molar-refractivity contribution < 1.29 is 4.79 Å². The molecular formula is C29H36N6O. The number of anilines is 1. The molecule has 1 amide bonds. The topological polar surface area (TPSA) is 78.6 Å². The number of nitrogens with two attached hydrogens (primary N) is 1. The van der Waals surface area contributed by atoms with E-state index in [4.69, 9.17) is 15.7 Å². The van der Waals surface area contributed by atoms with Gasteiger partial charge in [0.2, 0.25) is 5.91 Å². The number of primary amides is 1. The molecule has 3 aromatic rings. The zero-order chi connectivity index (χ0) is 25.2. The van der Waals surface area contributed by atoms with Crippen LogP contribution in [0.4, 0.5) is 5.82 Å². The zero-order valence-corrected chi connectivity index (χ0v) is 21.6. The minimum Gasteiger partial charge on any atom is -0.369 e. The van der Waals surface area contributed by atoms with Gasteiger partial charge < -0.3 is 10.6 Å². The highest BCUT2D eigenvalue weighted by molar-refractivity contribution is 5.76. The van der Waals surface area contributed by atoms with Crippen LogP contribution in [0.2, 0.25) is 0 Å². The lowest BCUT2D eigenvalue weighted by Gasteiger charge is -2.37. The smallest absolute Gasteiger partial charge is 0.231 e. The van der Waals surface area contributed by atoms with Crippen molar-refractivity contribution in [1.82, 2.24) is 19.8 Å². The molecule has 0 aliphatic carbocycles. The van der Waals surface area contributed by atoms with E-state index >= 15 is 0 Å². The Bertz CT molecular complexity index is 1240. The van der Waals surface area contributed by atoms with E-state index in [1.807, 2.05) is 0 Å². The summed E-state index contributed by atoms with van der Waals surface area (Å²) in [6.07, 6.45) is 1.07. The Hall–Kier alpha value is -3.29. The molecule has 0 saturated carbocycles. The molecule has 1 aromatic heterocycles. The second-order valence-corrected chi connectivity index (χ2v) is 10.2. The van der Waals surface area contributed by atoms with Gasteiger partial charge in [-0.1, -0.05) is 42.5 Å². The van der Waals surface area contributed by atoms with Gasteiger partial charge in [0.25, 0.3) is 0 Å². The molecule has 0 atom stereocenters. The number of hydrogen-bond donors (Lipinski definition) is 1. The van der Waals surface area contributed by atoms with Crippen LogP contribution in [0, 0.1) is 20.8 Å². The Kier molecular flexibility index (Phi) is 7.03. The summed E-state index contributed by atoms with van der Waals surface area (Å²) in [6, 6.07) is 15.1. The van der Waals surface area contributed by atoms with Crippen molar-refractivity contribution in [2.24, 2.45) is 5.73 Å². The first kappa shape index (κ1) is 24.4. The number of aromatic nitrogens is 2. The fourth-order valence-electron chi connectivity index (χ4n) is 5.56. The summed E-state index contributed by atoms with van der Waals surface area (Å²) in [7, 11) is 0. The third kappa shape index (κ3) is 5.13. The van der Waals surface area contributed by atoms with E-state index < -0.39 is 0 Å². The molecule has 0 bridgehead atoms. The van der Waals surface area contributed by atoms with Crippen molar-refractivity contribution in [2.45, 2.75) is 40.3 Å². The molecule has 0 spiro atoms. The van der Waals surface area contributed by atoms with Gasteiger partial charge in [-0.25, -0.2) is 9.97 Å². The minimum absolute atomic E-state index is 0.273. The number of hydrogen-bond acceptors (Lipinski definition) is 6. The summed E-state index contributed by atoms with van der Waals surface area (Å²) in [4.78, 5) is 28.7. The van der Waals surface area contributed by atoms with Crippen molar-refractivity contribution in [3.8, 4) is 11.4 Å². The highest BCUT2D eigenvalue weighted by Crippen LogP contribution is 2.31. The second kappa shape index (κ2) is 10.4. The molecule has 2 aliphatic rings. The van der Waals surface area contributed by atoms with Crippen LogP contribution < -0.4 is 10.6 Å². The molecule has 2 aromatic carbocycles. The van der Waals surface area contributed by atoms with Crippen LogP contribution in [0.25, 0.3) is 11.4 Å². The summed E-state index contributed by atoms with van der Waals surface area (Å²) < 4.78 is 0. The summed E-state index contributed by atoms with van der Waals surface area (Å²) in [5, 5.41) is 0. The number of amides is 1. The summed E-state index contributed by atoms with van der Waals surface area (Å²) >= 11 is 0. The quantitative estimate of drug-likeness (QED) is 0.579. The van der Waals surface area contributed by atoms with Crippen molar-refractivity contribution in [3.05, 3.63) is 76.0 Å². The van der Waals surface area contributed by atoms with E-state index in [-0.39, 0.29) is 5.91 Å². The van der Waals surface area contributed by atoms with Gasteiger partial charge in [-0.3, -0.25) is 14.6 Å². The first-order valence-electron chi connectivity index (χ1n) is 12.9. The molecule has 0 radical (unpaired) electrons. The number of piperazine rings is 1. The maximum absolute atomic E-state index is 11.4. The molecule has 36 heavy (non-hydrogen) atoms. The van der Waals surface area contributed by atoms with Crippen LogP contribution in [-0.2, 0) is 24.3 Å². The van der Waals surface area contributed by atoms with Gasteiger partial charge in [-0.15, -0.1) is 0 Å². The third-order valence-corrected chi connectivity index (χ3v) is 7.54. The maximum atomic E-state index is 11.4. The average molecular weight is 485 g/mol. The van der Waals surface area contributed by atoms with Crippen molar-refractivity contribution in [1.29, 1.82) is 0 Å². The van der Waals surface area contributed by atoms with Crippen LogP contribution in [0.3, 0.4) is 0 Å². The van der Waals surface area contributed by atoms with E-state index in [9.17, 15) is 4.79 Å². The fourth-order valence-corrected chi connectivity index (χ4v) is 5.56. The second-order valence-electron chi connectivity index (χ2n) is 10.2. The van der Waals surface area contributed by atoms with Crippen molar-refractivity contribution in [2.75, 3.05) is 44.2 Å². The Morgan fingerprint density at radius 3 is 2.25 bits per heavy atom. The lowest BCUT2D eigenvalue weighted by atomic mass is 9.99. The molecule has 188 valence electrons. The molecular weight excluding hydrogens is 448 g/mol.